The Morgan fingerprint density at radius 2 is 1.79 bits per heavy atom. The summed E-state index contributed by atoms with van der Waals surface area (Å²) in [6.45, 7) is 10.7. The number of esters is 1. The van der Waals surface area contributed by atoms with Crippen molar-refractivity contribution in [2.24, 2.45) is 23.5 Å². The maximum Gasteiger partial charge on any atom is 0.412 e. The number of hydrogen-bond acceptors (Lipinski definition) is 15. The van der Waals surface area contributed by atoms with E-state index in [9.17, 15) is 43.5 Å². The number of amides is 5. The third-order valence-electron chi connectivity index (χ3n) is 15.4. The Balaban J connectivity index is 1.26. The maximum atomic E-state index is 14.5. The van der Waals surface area contributed by atoms with Crippen molar-refractivity contribution >= 4 is 81.1 Å². The zero-order valence-electron chi connectivity index (χ0n) is 47.2. The number of halogens is 1. The van der Waals surface area contributed by atoms with Crippen molar-refractivity contribution in [3.63, 3.8) is 0 Å². The number of rotatable bonds is 21. The first-order chi connectivity index (χ1) is 37.9. The topological polar surface area (TPSA) is 284 Å². The number of Topliss-reactive ketones (excluding diaryl/α,β-unsaturated/α-hetero) is 3. The number of urea groups is 1. The molecule has 9 atom stereocenters. The Kier molecular flexibility index (Phi) is 21.6. The molecule has 0 radical (unpaired) electrons. The Morgan fingerprint density at radius 1 is 1.05 bits per heavy atom. The van der Waals surface area contributed by atoms with Crippen molar-refractivity contribution in [3.8, 4) is 5.75 Å². The highest BCUT2D eigenvalue weighted by Gasteiger charge is 2.64. The summed E-state index contributed by atoms with van der Waals surface area (Å²) in [5.74, 6) is -3.25. The van der Waals surface area contributed by atoms with Crippen LogP contribution in [0.25, 0.3) is 10.9 Å². The van der Waals surface area contributed by atoms with Gasteiger partial charge in [0.1, 0.15) is 51.9 Å². The number of aliphatic hydroxyl groups is 1. The van der Waals surface area contributed by atoms with Gasteiger partial charge in [-0.1, -0.05) is 68.3 Å². The molecule has 434 valence electrons. The van der Waals surface area contributed by atoms with Gasteiger partial charge in [0.05, 0.1) is 49.0 Å². The molecule has 3 aliphatic rings. The fourth-order valence-corrected chi connectivity index (χ4v) is 11.0. The monoisotopic (exact) mass is 1130 g/mol. The first-order valence-electron chi connectivity index (χ1n) is 27.2. The zero-order valence-corrected chi connectivity index (χ0v) is 47.9. The van der Waals surface area contributed by atoms with Crippen LogP contribution >= 0.6 is 11.6 Å². The molecular weight excluding hydrogens is 1050 g/mol. The van der Waals surface area contributed by atoms with Crippen LogP contribution in [0.1, 0.15) is 117 Å². The van der Waals surface area contributed by atoms with Crippen LogP contribution in [-0.4, -0.2) is 127 Å². The first-order valence-corrected chi connectivity index (χ1v) is 27.6. The fraction of sp³-hybridized carbons (Fsp3) is 0.542. The SMILES string of the molecule is COc1cc2cc(c1Cl)N(C)C(=O)C[C@H](OC(=O)Nc1ccc(CC(=O)[C@H](CCCNC(N)=O)NC(=O)[C@@H](CC(=O)CCCCC(C)=O)C(C)C)c3cccnc13)[C@]1(C)O[C@H]1[C@H](C)[C@@H]1C[C@@](O)(CC(=O)O1)[C@H](OC)/C=C/C=C(\C)C2. The second-order valence-electron chi connectivity index (χ2n) is 21.9. The van der Waals surface area contributed by atoms with Gasteiger partial charge in [0.25, 0.3) is 0 Å². The molecule has 2 aromatic carbocycles. The van der Waals surface area contributed by atoms with Crippen molar-refractivity contribution in [3.05, 3.63) is 82.5 Å². The Labute approximate surface area is 472 Å². The smallest absolute Gasteiger partial charge is 0.412 e. The normalized spacial score (nSPS) is 25.0. The number of ketones is 3. The van der Waals surface area contributed by atoms with E-state index >= 15 is 0 Å². The van der Waals surface area contributed by atoms with Crippen molar-refractivity contribution < 1.29 is 67.1 Å². The first kappa shape index (κ1) is 62.5. The van der Waals surface area contributed by atoms with Gasteiger partial charge in [-0.3, -0.25) is 34.3 Å². The summed E-state index contributed by atoms with van der Waals surface area (Å²) >= 11 is 6.87. The molecule has 4 heterocycles. The van der Waals surface area contributed by atoms with Gasteiger partial charge in [-0.05, 0) is 94.2 Å². The Hall–Kier alpha value is -6.74. The molecule has 4 bridgehead atoms. The third-order valence-corrected chi connectivity index (χ3v) is 15.8. The van der Waals surface area contributed by atoms with Crippen LogP contribution in [0.3, 0.4) is 0 Å². The standard InChI is InChI=1S/C59H77ClN6O14/c1-33(2)41(29-39(68)17-11-10-16-35(4)67)55(72)64-42(19-14-24-63-56(61)73)45(69)28-38-21-22-43(53-40(38)18-13-23-62-53)65-57(74)79-49-30-50(70)66(7)44-26-37(27-46(76-8)52(44)60)25-34(3)15-12-20-48(77-9)59(75)31-47(78-51(71)32-59)36(5)54-58(49,6)80-54/h12-13,15,18,20-23,26-27,33,36,41-42,47-49,54,75H,10-11,14,16-17,19,24-25,28-32H2,1-9H3,(H,64,72)(H,65,74)(H3,61,63,73)/b20-12+,34-15+/t36-,41+,42+,47+,48-,49+,54+,58+,59-/m1/s1. The van der Waals surface area contributed by atoms with Gasteiger partial charge < -0.3 is 54.9 Å². The average Bonchev–Trinajstić information content (AvgIpc) is 4.10. The molecule has 2 saturated heterocycles. The highest BCUT2D eigenvalue weighted by Crippen LogP contribution is 2.50. The summed E-state index contributed by atoms with van der Waals surface area (Å²) in [4.78, 5) is 112. The number of nitrogens with one attached hydrogen (secondary N) is 3. The molecule has 3 aliphatic heterocycles. The van der Waals surface area contributed by atoms with Gasteiger partial charge in [0.2, 0.25) is 11.8 Å². The third kappa shape index (κ3) is 16.0. The van der Waals surface area contributed by atoms with Crippen LogP contribution in [-0.2, 0) is 60.6 Å². The van der Waals surface area contributed by atoms with E-state index in [1.807, 2.05) is 26.8 Å². The number of nitrogens with two attached hydrogens (primary N) is 1. The number of methoxy groups -OCH3 is 2. The number of nitrogens with zero attached hydrogens (tertiary/aromatic N) is 2. The lowest BCUT2D eigenvalue weighted by Gasteiger charge is -2.41. The second-order valence-corrected chi connectivity index (χ2v) is 22.3. The summed E-state index contributed by atoms with van der Waals surface area (Å²) in [5.41, 5.74) is 5.36. The van der Waals surface area contributed by atoms with Crippen molar-refractivity contribution in [2.75, 3.05) is 38.0 Å². The number of fused-ring (bicyclic) bond motifs is 6. The molecule has 6 N–H and O–H groups in total. The number of benzene rings is 2. The van der Waals surface area contributed by atoms with E-state index in [1.165, 1.54) is 32.2 Å². The largest absolute Gasteiger partial charge is 0.495 e. The summed E-state index contributed by atoms with van der Waals surface area (Å²) in [7, 11) is 4.47. The van der Waals surface area contributed by atoms with E-state index in [2.05, 4.69) is 20.9 Å². The Bertz CT molecular complexity index is 2880. The molecular formula is C59H77ClN6O14. The molecule has 0 unspecified atom stereocenters. The predicted molar refractivity (Wildman–Crippen MR) is 300 cm³/mol. The number of carbonyl (C=O) groups excluding carboxylic acids is 8. The van der Waals surface area contributed by atoms with Gasteiger partial charge >= 0.3 is 18.1 Å². The second kappa shape index (κ2) is 27.6. The molecule has 80 heavy (non-hydrogen) atoms. The van der Waals surface area contributed by atoms with Crippen molar-refractivity contribution in [1.82, 2.24) is 15.6 Å². The van der Waals surface area contributed by atoms with E-state index < -0.39 is 89.8 Å². The minimum absolute atomic E-state index is 0.00316. The number of unbranched alkanes of at least 4 members (excludes halogenated alkanes) is 1. The van der Waals surface area contributed by atoms with E-state index in [0.29, 0.717) is 53.6 Å². The molecule has 6 rings (SSSR count). The molecule has 2 fully saturated rings. The van der Waals surface area contributed by atoms with Crippen molar-refractivity contribution in [1.29, 1.82) is 0 Å². The molecule has 0 spiro atoms. The minimum atomic E-state index is -1.65. The number of pyridine rings is 1. The molecule has 0 aliphatic carbocycles. The van der Waals surface area contributed by atoms with Crippen LogP contribution in [0.15, 0.2) is 66.4 Å². The predicted octanol–water partition coefficient (Wildman–Crippen LogP) is 7.60. The van der Waals surface area contributed by atoms with Gasteiger partial charge in [0, 0.05) is 76.2 Å². The number of hydrogen-bond donors (Lipinski definition) is 5. The molecule has 3 aromatic rings. The lowest BCUT2D eigenvalue weighted by atomic mass is 9.78. The quantitative estimate of drug-likeness (QED) is 0.0390. The number of epoxide rings is 1. The summed E-state index contributed by atoms with van der Waals surface area (Å²) in [6, 6.07) is 8.40. The van der Waals surface area contributed by atoms with E-state index in [0.717, 1.165) is 11.1 Å². The van der Waals surface area contributed by atoms with Gasteiger partial charge in [0.15, 0.2) is 5.78 Å². The summed E-state index contributed by atoms with van der Waals surface area (Å²) < 4.78 is 29.8. The van der Waals surface area contributed by atoms with E-state index in [1.54, 1.807) is 69.4 Å². The van der Waals surface area contributed by atoms with Gasteiger partial charge in [-0.15, -0.1) is 0 Å². The highest BCUT2D eigenvalue weighted by molar-refractivity contribution is 6.35. The van der Waals surface area contributed by atoms with E-state index in [-0.39, 0.29) is 85.5 Å². The molecule has 5 amide bonds. The van der Waals surface area contributed by atoms with Crippen LogP contribution in [0.2, 0.25) is 5.02 Å². The highest BCUT2D eigenvalue weighted by atomic mass is 35.5. The van der Waals surface area contributed by atoms with Crippen LogP contribution < -0.4 is 31.3 Å². The molecule has 1 aromatic heterocycles. The molecule has 21 heteroatoms. The molecule has 0 saturated carbocycles. The zero-order chi connectivity index (χ0) is 58.6. The van der Waals surface area contributed by atoms with Crippen LogP contribution in [0, 0.1) is 17.8 Å². The number of anilines is 2. The maximum absolute atomic E-state index is 14.5. The lowest BCUT2D eigenvalue weighted by molar-refractivity contribution is -0.187. The van der Waals surface area contributed by atoms with Gasteiger partial charge in [-0.25, -0.2) is 9.59 Å². The molecule has 20 nitrogen and oxygen atoms in total. The van der Waals surface area contributed by atoms with Gasteiger partial charge in [-0.2, -0.15) is 0 Å². The number of primary amides is 1. The number of aromatic nitrogens is 1. The van der Waals surface area contributed by atoms with Crippen molar-refractivity contribution in [2.45, 2.75) is 160 Å². The minimum Gasteiger partial charge on any atom is -0.495 e. The average molecular weight is 1130 g/mol. The fourth-order valence-electron chi connectivity index (χ4n) is 10.7. The van der Waals surface area contributed by atoms with E-state index in [4.69, 9.17) is 41.0 Å². The lowest BCUT2D eigenvalue weighted by Crippen LogP contribution is -2.53. The van der Waals surface area contributed by atoms with Crippen LogP contribution in [0.4, 0.5) is 21.0 Å². The number of allylic oxidation sites excluding steroid dienone is 3. The number of carbonyl (C=O) groups is 8. The van der Waals surface area contributed by atoms with Crippen LogP contribution in [0.5, 0.6) is 5.75 Å². The summed E-state index contributed by atoms with van der Waals surface area (Å²) in [6.07, 6.45) is 3.72. The Morgan fingerprint density at radius 3 is 2.48 bits per heavy atom. The number of ether oxygens (including phenoxy) is 5. The summed E-state index contributed by atoms with van der Waals surface area (Å²) in [5, 5.41) is 20.9.